The van der Waals surface area contributed by atoms with Crippen molar-refractivity contribution in [2.45, 2.75) is 18.9 Å². The Hall–Kier alpha value is -2.47. The number of carbonyl (C=O) groups is 2. The molecule has 0 radical (unpaired) electrons. The molecular formula is C17H20ClN3O3. The van der Waals surface area contributed by atoms with E-state index in [1.807, 2.05) is 0 Å². The van der Waals surface area contributed by atoms with Crippen molar-refractivity contribution in [3.8, 4) is 0 Å². The van der Waals surface area contributed by atoms with Crippen molar-refractivity contribution in [3.05, 3.63) is 54.0 Å². The maximum atomic E-state index is 12.2. The second kappa shape index (κ2) is 7.88. The number of nitrogens with one attached hydrogen (secondary N) is 1. The smallest absolute Gasteiger partial charge is 0.289 e. The van der Waals surface area contributed by atoms with Crippen molar-refractivity contribution in [2.75, 3.05) is 18.8 Å². The number of amides is 2. The lowest BCUT2D eigenvalue weighted by Gasteiger charge is -2.31. The van der Waals surface area contributed by atoms with Crippen LogP contribution in [0.5, 0.6) is 0 Å². The third-order valence-corrected chi connectivity index (χ3v) is 4.00. The van der Waals surface area contributed by atoms with Gasteiger partial charge in [0.1, 0.15) is 0 Å². The standard InChI is InChI=1S/C17H19N3O3.ClH/c18-13-4-1-3-12(11-13)16(21)19-14-6-8-20(9-7-14)17(22)15-5-2-10-23-15;/h1-5,10-11,14H,6-9,18H2,(H,19,21);1H. The molecule has 2 amide bonds. The number of rotatable bonds is 3. The van der Waals surface area contributed by atoms with E-state index >= 15 is 0 Å². The number of hydrogen-bond acceptors (Lipinski definition) is 4. The molecule has 0 atom stereocenters. The number of anilines is 1. The van der Waals surface area contributed by atoms with E-state index in [1.165, 1.54) is 6.26 Å². The number of hydrogen-bond donors (Lipinski definition) is 2. The number of halogens is 1. The first-order valence-electron chi connectivity index (χ1n) is 7.62. The first-order valence-corrected chi connectivity index (χ1v) is 7.62. The Morgan fingerprint density at radius 2 is 1.92 bits per heavy atom. The Morgan fingerprint density at radius 1 is 1.17 bits per heavy atom. The van der Waals surface area contributed by atoms with Crippen molar-refractivity contribution in [1.29, 1.82) is 0 Å². The fraction of sp³-hybridized carbons (Fsp3) is 0.294. The Balaban J connectivity index is 0.00000208. The quantitative estimate of drug-likeness (QED) is 0.832. The van der Waals surface area contributed by atoms with Crippen LogP contribution in [0.1, 0.15) is 33.8 Å². The fourth-order valence-corrected chi connectivity index (χ4v) is 2.73. The number of nitrogens with zero attached hydrogens (tertiary/aromatic N) is 1. The van der Waals surface area contributed by atoms with Gasteiger partial charge in [0.25, 0.3) is 11.8 Å². The molecule has 1 aromatic carbocycles. The van der Waals surface area contributed by atoms with Crippen molar-refractivity contribution < 1.29 is 14.0 Å². The van der Waals surface area contributed by atoms with Crippen LogP contribution in [-0.4, -0.2) is 35.8 Å². The first kappa shape index (κ1) is 17.9. The summed E-state index contributed by atoms with van der Waals surface area (Å²) in [5.41, 5.74) is 6.82. The third kappa shape index (κ3) is 4.08. The number of nitrogen functional groups attached to an aromatic ring is 1. The normalized spacial score (nSPS) is 14.8. The highest BCUT2D eigenvalue weighted by Crippen LogP contribution is 2.15. The second-order valence-corrected chi connectivity index (χ2v) is 5.64. The molecule has 0 saturated carbocycles. The Labute approximate surface area is 146 Å². The Bertz CT molecular complexity index is 695. The average Bonchev–Trinajstić information content (AvgIpc) is 3.09. The van der Waals surface area contributed by atoms with E-state index in [2.05, 4.69) is 5.32 Å². The first-order chi connectivity index (χ1) is 11.1. The molecular weight excluding hydrogens is 330 g/mol. The molecule has 128 valence electrons. The lowest BCUT2D eigenvalue weighted by Crippen LogP contribution is -2.46. The zero-order valence-electron chi connectivity index (χ0n) is 13.1. The van der Waals surface area contributed by atoms with Gasteiger partial charge in [-0.3, -0.25) is 9.59 Å². The van der Waals surface area contributed by atoms with Crippen LogP contribution in [0.15, 0.2) is 47.1 Å². The third-order valence-electron chi connectivity index (χ3n) is 4.00. The molecule has 1 saturated heterocycles. The van der Waals surface area contributed by atoms with Crippen LogP contribution in [0.25, 0.3) is 0 Å². The number of furan rings is 1. The van der Waals surface area contributed by atoms with E-state index in [0.717, 1.165) is 12.8 Å². The molecule has 7 heteroatoms. The van der Waals surface area contributed by atoms with Crippen molar-refractivity contribution >= 4 is 29.9 Å². The summed E-state index contributed by atoms with van der Waals surface area (Å²) < 4.78 is 5.14. The average molecular weight is 350 g/mol. The summed E-state index contributed by atoms with van der Waals surface area (Å²) >= 11 is 0. The van der Waals surface area contributed by atoms with Crippen molar-refractivity contribution in [2.24, 2.45) is 0 Å². The van der Waals surface area contributed by atoms with E-state index in [4.69, 9.17) is 10.2 Å². The number of piperidine rings is 1. The summed E-state index contributed by atoms with van der Waals surface area (Å²) in [5.74, 6) is 0.121. The topological polar surface area (TPSA) is 88.6 Å². The van der Waals surface area contributed by atoms with E-state index in [9.17, 15) is 9.59 Å². The molecule has 0 bridgehead atoms. The van der Waals surface area contributed by atoms with Crippen LogP contribution < -0.4 is 11.1 Å². The molecule has 1 aliphatic heterocycles. The monoisotopic (exact) mass is 349 g/mol. The van der Waals surface area contributed by atoms with Gasteiger partial charge in [0.2, 0.25) is 0 Å². The molecule has 1 fully saturated rings. The summed E-state index contributed by atoms with van der Waals surface area (Å²) in [5, 5.41) is 3.00. The highest BCUT2D eigenvalue weighted by molar-refractivity contribution is 5.95. The molecule has 6 nitrogen and oxygen atoms in total. The van der Waals surface area contributed by atoms with Crippen LogP contribution in [0, 0.1) is 0 Å². The lowest BCUT2D eigenvalue weighted by molar-refractivity contribution is 0.0667. The number of likely N-dealkylation sites (tertiary alicyclic amines) is 1. The van der Waals surface area contributed by atoms with Crippen molar-refractivity contribution in [1.82, 2.24) is 10.2 Å². The molecule has 3 rings (SSSR count). The molecule has 24 heavy (non-hydrogen) atoms. The molecule has 0 unspecified atom stereocenters. The highest BCUT2D eigenvalue weighted by Gasteiger charge is 2.26. The van der Waals surface area contributed by atoms with Crippen molar-refractivity contribution in [3.63, 3.8) is 0 Å². The number of benzene rings is 1. The van der Waals surface area contributed by atoms with Gasteiger partial charge in [-0.2, -0.15) is 0 Å². The van der Waals surface area contributed by atoms with Gasteiger partial charge >= 0.3 is 0 Å². The predicted octanol–water partition coefficient (Wildman–Crippen LogP) is 2.32. The van der Waals surface area contributed by atoms with Crippen LogP contribution >= 0.6 is 12.4 Å². The van der Waals surface area contributed by atoms with Crippen LogP contribution in [0.2, 0.25) is 0 Å². The minimum absolute atomic E-state index is 0. The Morgan fingerprint density at radius 3 is 2.54 bits per heavy atom. The van der Waals surface area contributed by atoms with E-state index in [1.54, 1.807) is 41.3 Å². The number of carbonyl (C=O) groups excluding carboxylic acids is 2. The molecule has 1 aliphatic rings. The molecule has 0 spiro atoms. The summed E-state index contributed by atoms with van der Waals surface area (Å²) in [4.78, 5) is 26.1. The van der Waals surface area contributed by atoms with E-state index in [0.29, 0.717) is 30.1 Å². The molecule has 0 aliphatic carbocycles. The van der Waals surface area contributed by atoms with Gasteiger partial charge in [-0.15, -0.1) is 12.4 Å². The van der Waals surface area contributed by atoms with Crippen LogP contribution in [0.4, 0.5) is 5.69 Å². The minimum Gasteiger partial charge on any atom is -0.459 e. The Kier molecular flexibility index (Phi) is 5.87. The van der Waals surface area contributed by atoms with Gasteiger partial charge in [0.05, 0.1) is 6.26 Å². The highest BCUT2D eigenvalue weighted by atomic mass is 35.5. The van der Waals surface area contributed by atoms with Gasteiger partial charge in [0.15, 0.2) is 5.76 Å². The van der Waals surface area contributed by atoms with E-state index < -0.39 is 0 Å². The molecule has 2 heterocycles. The maximum Gasteiger partial charge on any atom is 0.289 e. The SMILES string of the molecule is Cl.Nc1cccc(C(=O)NC2CCN(C(=O)c3ccco3)CC2)c1. The van der Waals surface area contributed by atoms with Crippen LogP contribution in [-0.2, 0) is 0 Å². The zero-order chi connectivity index (χ0) is 16.2. The van der Waals surface area contributed by atoms with Gasteiger partial charge in [-0.05, 0) is 43.2 Å². The van der Waals surface area contributed by atoms with Gasteiger partial charge in [0, 0.05) is 30.4 Å². The summed E-state index contributed by atoms with van der Waals surface area (Å²) in [7, 11) is 0. The largest absolute Gasteiger partial charge is 0.459 e. The zero-order valence-corrected chi connectivity index (χ0v) is 13.9. The summed E-state index contributed by atoms with van der Waals surface area (Å²) in [6, 6.07) is 10.3. The maximum absolute atomic E-state index is 12.2. The van der Waals surface area contributed by atoms with Gasteiger partial charge in [-0.1, -0.05) is 6.07 Å². The van der Waals surface area contributed by atoms with E-state index in [-0.39, 0.29) is 30.3 Å². The predicted molar refractivity (Wildman–Crippen MR) is 93.2 cm³/mol. The number of nitrogens with two attached hydrogens (primary N) is 1. The molecule has 3 N–H and O–H groups in total. The fourth-order valence-electron chi connectivity index (χ4n) is 2.73. The van der Waals surface area contributed by atoms with Gasteiger partial charge in [-0.25, -0.2) is 0 Å². The summed E-state index contributed by atoms with van der Waals surface area (Å²) in [6.07, 6.45) is 2.94. The molecule has 2 aromatic rings. The lowest BCUT2D eigenvalue weighted by atomic mass is 10.0. The van der Waals surface area contributed by atoms with Crippen LogP contribution in [0.3, 0.4) is 0 Å². The summed E-state index contributed by atoms with van der Waals surface area (Å²) in [6.45, 7) is 1.20. The second-order valence-electron chi connectivity index (χ2n) is 5.64. The van der Waals surface area contributed by atoms with Gasteiger partial charge < -0.3 is 20.4 Å². The minimum atomic E-state index is -0.131. The molecule has 1 aromatic heterocycles.